The van der Waals surface area contributed by atoms with E-state index in [4.69, 9.17) is 11.6 Å². The molecule has 2 nitrogen and oxygen atoms in total. The largest absolute Gasteiger partial charge is 0.319 e. The number of imidazole rings is 1. The smallest absolute Gasteiger partial charge is 0.125 e. The highest BCUT2D eigenvalue weighted by Gasteiger charge is 2.18. The van der Waals surface area contributed by atoms with Crippen LogP contribution in [0.15, 0.2) is 30.3 Å². The van der Waals surface area contributed by atoms with E-state index < -0.39 is 0 Å². The van der Waals surface area contributed by atoms with Crippen LogP contribution < -0.4 is 0 Å². The summed E-state index contributed by atoms with van der Waals surface area (Å²) in [5.74, 6) is 0.825. The van der Waals surface area contributed by atoms with Crippen molar-refractivity contribution < 1.29 is 4.39 Å². The molecule has 5 heteroatoms. The summed E-state index contributed by atoms with van der Waals surface area (Å²) in [6, 6.07) is 8.94. The second-order valence-corrected chi connectivity index (χ2v) is 6.38. The van der Waals surface area contributed by atoms with Crippen LogP contribution in [0.4, 0.5) is 4.39 Å². The quantitative estimate of drug-likeness (QED) is 0.630. The van der Waals surface area contributed by atoms with Gasteiger partial charge in [0.2, 0.25) is 0 Å². The Morgan fingerprint density at radius 2 is 2.15 bits per heavy atom. The molecule has 0 bridgehead atoms. The van der Waals surface area contributed by atoms with Gasteiger partial charge >= 0.3 is 0 Å². The van der Waals surface area contributed by atoms with Gasteiger partial charge in [0.25, 0.3) is 0 Å². The molecule has 0 aliphatic rings. The molecule has 2 aromatic heterocycles. The fourth-order valence-electron chi connectivity index (χ4n) is 2.45. The van der Waals surface area contributed by atoms with Gasteiger partial charge in [-0.15, -0.1) is 22.9 Å². The number of nitrogens with zero attached hydrogens (tertiary/aromatic N) is 2. The van der Waals surface area contributed by atoms with Crippen LogP contribution in [0.1, 0.15) is 28.5 Å². The van der Waals surface area contributed by atoms with Gasteiger partial charge in [-0.2, -0.15) is 0 Å². The number of benzene rings is 1. The maximum absolute atomic E-state index is 13.5. The number of thiophene rings is 1. The lowest BCUT2D eigenvalue weighted by Crippen LogP contribution is -2.08. The minimum absolute atomic E-state index is 0.0919. The molecule has 0 fully saturated rings. The number of rotatable bonds is 3. The highest BCUT2D eigenvalue weighted by molar-refractivity contribution is 7.12. The maximum atomic E-state index is 13.5. The monoisotopic (exact) mass is 308 g/mol. The minimum atomic E-state index is -0.255. The maximum Gasteiger partial charge on any atom is 0.125 e. The molecule has 0 N–H and O–H groups in total. The first-order valence-electron chi connectivity index (χ1n) is 6.39. The number of aryl methyl sites for hydroxylation is 1. The lowest BCUT2D eigenvalue weighted by Gasteiger charge is -2.15. The molecule has 0 aliphatic carbocycles. The third-order valence-corrected chi connectivity index (χ3v) is 4.81. The van der Waals surface area contributed by atoms with Crippen molar-refractivity contribution in [1.29, 1.82) is 0 Å². The lowest BCUT2D eigenvalue weighted by atomic mass is 10.2. The number of aromatic nitrogens is 2. The molecule has 20 heavy (non-hydrogen) atoms. The van der Waals surface area contributed by atoms with Crippen molar-refractivity contribution in [2.75, 3.05) is 0 Å². The van der Waals surface area contributed by atoms with Crippen LogP contribution in [0, 0.1) is 12.7 Å². The molecule has 0 amide bonds. The normalized spacial score (nSPS) is 13.0. The van der Waals surface area contributed by atoms with Crippen molar-refractivity contribution >= 4 is 34.0 Å². The number of hydrogen-bond donors (Lipinski definition) is 0. The van der Waals surface area contributed by atoms with Crippen LogP contribution in [0.3, 0.4) is 0 Å². The molecule has 0 saturated carbocycles. The predicted octanol–water partition coefficient (Wildman–Crippen LogP) is 4.89. The molecule has 3 aromatic rings. The van der Waals surface area contributed by atoms with Crippen LogP contribution >= 0.6 is 22.9 Å². The average molecular weight is 309 g/mol. The summed E-state index contributed by atoms with van der Waals surface area (Å²) in [5.41, 5.74) is 1.57. The van der Waals surface area contributed by atoms with Gasteiger partial charge in [0.1, 0.15) is 11.6 Å². The summed E-state index contributed by atoms with van der Waals surface area (Å²) in [6.45, 7) is 4.17. The van der Waals surface area contributed by atoms with Gasteiger partial charge in [-0.05, 0) is 44.2 Å². The fraction of sp³-hybridized carbons (Fsp3) is 0.267. The Morgan fingerprint density at radius 1 is 1.35 bits per heavy atom. The summed E-state index contributed by atoms with van der Waals surface area (Å²) in [5, 5.41) is 0. The fourth-order valence-corrected chi connectivity index (χ4v) is 3.56. The van der Waals surface area contributed by atoms with Crippen LogP contribution in [-0.4, -0.2) is 9.55 Å². The molecule has 0 aliphatic heterocycles. The van der Waals surface area contributed by atoms with E-state index in [9.17, 15) is 4.39 Å². The number of hydrogen-bond acceptors (Lipinski definition) is 2. The molecule has 2 heterocycles. The van der Waals surface area contributed by atoms with Gasteiger partial charge in [0, 0.05) is 9.75 Å². The summed E-state index contributed by atoms with van der Waals surface area (Å²) < 4.78 is 15.6. The third-order valence-electron chi connectivity index (χ3n) is 3.40. The Kier molecular flexibility index (Phi) is 3.52. The highest BCUT2D eigenvalue weighted by Crippen LogP contribution is 2.31. The van der Waals surface area contributed by atoms with Crippen LogP contribution in [0.2, 0.25) is 0 Å². The zero-order valence-electron chi connectivity index (χ0n) is 11.2. The summed E-state index contributed by atoms with van der Waals surface area (Å²) in [4.78, 5) is 6.97. The van der Waals surface area contributed by atoms with E-state index in [1.54, 1.807) is 17.4 Å². The SMILES string of the molecule is Cc1ccc(C(C)n2c(CCl)nc3ccc(F)cc32)s1. The molecule has 0 radical (unpaired) electrons. The second kappa shape index (κ2) is 5.19. The molecule has 3 rings (SSSR count). The van der Waals surface area contributed by atoms with Crippen molar-refractivity contribution in [1.82, 2.24) is 9.55 Å². The van der Waals surface area contributed by atoms with Crippen molar-refractivity contribution in [2.24, 2.45) is 0 Å². The van der Waals surface area contributed by atoms with Gasteiger partial charge < -0.3 is 4.57 Å². The third kappa shape index (κ3) is 2.23. The topological polar surface area (TPSA) is 17.8 Å². The number of fused-ring (bicyclic) bond motifs is 1. The molecule has 1 aromatic carbocycles. The van der Waals surface area contributed by atoms with Gasteiger partial charge in [-0.25, -0.2) is 9.37 Å². The Hall–Kier alpha value is -1.39. The van der Waals surface area contributed by atoms with E-state index in [2.05, 4.69) is 31.0 Å². The van der Waals surface area contributed by atoms with E-state index >= 15 is 0 Å². The lowest BCUT2D eigenvalue weighted by molar-refractivity contribution is 0.621. The first kappa shape index (κ1) is 13.6. The number of alkyl halides is 1. The molecular weight excluding hydrogens is 295 g/mol. The van der Waals surface area contributed by atoms with E-state index in [-0.39, 0.29) is 11.9 Å². The van der Waals surface area contributed by atoms with Crippen LogP contribution in [0.25, 0.3) is 11.0 Å². The molecule has 0 spiro atoms. The van der Waals surface area contributed by atoms with Gasteiger partial charge in [0.05, 0.1) is 23.0 Å². The molecule has 1 unspecified atom stereocenters. The van der Waals surface area contributed by atoms with Gasteiger partial charge in [-0.1, -0.05) is 0 Å². The minimum Gasteiger partial charge on any atom is -0.319 e. The van der Waals surface area contributed by atoms with E-state index in [1.807, 2.05) is 4.57 Å². The standard InChI is InChI=1S/C15H14ClFN2S/c1-9-3-6-14(20-9)10(2)19-13-7-11(17)4-5-12(13)18-15(19)8-16/h3-7,10H,8H2,1-2H3. The van der Waals surface area contributed by atoms with Gasteiger partial charge in [-0.3, -0.25) is 0 Å². The first-order chi connectivity index (χ1) is 9.60. The predicted molar refractivity (Wildman–Crippen MR) is 82.1 cm³/mol. The highest BCUT2D eigenvalue weighted by atomic mass is 35.5. The zero-order chi connectivity index (χ0) is 14.3. The van der Waals surface area contributed by atoms with E-state index in [1.165, 1.54) is 21.9 Å². The molecule has 1 atom stereocenters. The summed E-state index contributed by atoms with van der Waals surface area (Å²) in [7, 11) is 0. The van der Waals surface area contributed by atoms with Gasteiger partial charge in [0.15, 0.2) is 0 Å². The Balaban J connectivity index is 2.20. The number of halogens is 2. The Labute approximate surface area is 125 Å². The van der Waals surface area contributed by atoms with Crippen LogP contribution in [-0.2, 0) is 5.88 Å². The van der Waals surface area contributed by atoms with E-state index in [0.29, 0.717) is 5.88 Å². The first-order valence-corrected chi connectivity index (χ1v) is 7.74. The van der Waals surface area contributed by atoms with E-state index in [0.717, 1.165) is 16.9 Å². The Bertz CT molecular complexity index is 762. The van der Waals surface area contributed by atoms with Crippen molar-refractivity contribution in [3.63, 3.8) is 0 Å². The second-order valence-electron chi connectivity index (χ2n) is 4.79. The Morgan fingerprint density at radius 3 is 2.80 bits per heavy atom. The molecule has 104 valence electrons. The average Bonchev–Trinajstić information content (AvgIpc) is 3.01. The van der Waals surface area contributed by atoms with Crippen molar-refractivity contribution in [2.45, 2.75) is 25.8 Å². The zero-order valence-corrected chi connectivity index (χ0v) is 12.8. The summed E-state index contributed by atoms with van der Waals surface area (Å²) in [6.07, 6.45) is 0. The molecular formula is C15H14ClFN2S. The van der Waals surface area contributed by atoms with Crippen molar-refractivity contribution in [3.05, 3.63) is 51.7 Å². The van der Waals surface area contributed by atoms with Crippen LogP contribution in [0.5, 0.6) is 0 Å². The summed E-state index contributed by atoms with van der Waals surface area (Å²) >= 11 is 7.75. The van der Waals surface area contributed by atoms with Crippen molar-refractivity contribution in [3.8, 4) is 0 Å². The molecule has 0 saturated heterocycles.